The topological polar surface area (TPSA) is 49.9 Å². The molecule has 1 fully saturated rings. The van der Waals surface area contributed by atoms with Crippen LogP contribution in [0.2, 0.25) is 23.2 Å². The fourth-order valence-corrected chi connectivity index (χ4v) is 6.99. The zero-order chi connectivity index (χ0) is 25.1. The Labute approximate surface area is 212 Å². The Morgan fingerprint density at radius 1 is 1.12 bits per heavy atom. The number of halogens is 1. The molecule has 1 aliphatic heterocycles. The Bertz CT molecular complexity index is 1040. The van der Waals surface area contributed by atoms with E-state index in [9.17, 15) is 8.42 Å². The van der Waals surface area contributed by atoms with Gasteiger partial charge in [-0.3, -0.25) is 4.90 Å². The van der Waals surface area contributed by atoms with Gasteiger partial charge in [-0.2, -0.15) is 4.31 Å². The maximum Gasteiger partial charge on any atom is 0.218 e. The highest BCUT2D eigenvalue weighted by Crippen LogP contribution is 2.38. The van der Waals surface area contributed by atoms with Crippen LogP contribution >= 0.6 is 11.6 Å². The third kappa shape index (κ3) is 6.92. The lowest BCUT2D eigenvalue weighted by Crippen LogP contribution is -2.45. The van der Waals surface area contributed by atoms with Crippen molar-refractivity contribution in [2.45, 2.75) is 63.2 Å². The zero-order valence-electron chi connectivity index (χ0n) is 21.3. The zero-order valence-corrected chi connectivity index (χ0v) is 23.9. The van der Waals surface area contributed by atoms with E-state index in [0.29, 0.717) is 11.6 Å². The van der Waals surface area contributed by atoms with Crippen molar-refractivity contribution in [2.24, 2.45) is 0 Å². The predicted octanol–water partition coefficient (Wildman–Crippen LogP) is 5.94. The Morgan fingerprint density at radius 3 is 2.32 bits per heavy atom. The van der Waals surface area contributed by atoms with Gasteiger partial charge in [0.05, 0.1) is 17.9 Å². The van der Waals surface area contributed by atoms with Gasteiger partial charge in [0.2, 0.25) is 10.0 Å². The highest BCUT2D eigenvalue weighted by molar-refractivity contribution is 7.88. The highest BCUT2D eigenvalue weighted by atomic mass is 35.5. The maximum absolute atomic E-state index is 13.4. The third-order valence-electron chi connectivity index (χ3n) is 7.25. The van der Waals surface area contributed by atoms with E-state index in [2.05, 4.69) is 38.8 Å². The molecule has 0 aliphatic carbocycles. The molecule has 2 aromatic rings. The fraction of sp³-hybridized carbons (Fsp3) is 0.538. The first-order valence-electron chi connectivity index (χ1n) is 11.9. The largest absolute Gasteiger partial charge is 0.413 e. The van der Waals surface area contributed by atoms with Gasteiger partial charge in [-0.15, -0.1) is 0 Å². The summed E-state index contributed by atoms with van der Waals surface area (Å²) >= 11 is 5.97. The van der Waals surface area contributed by atoms with Crippen molar-refractivity contribution in [3.63, 3.8) is 0 Å². The normalized spacial score (nSPS) is 19.0. The molecule has 0 bridgehead atoms. The van der Waals surface area contributed by atoms with Gasteiger partial charge in [0, 0.05) is 31.7 Å². The second-order valence-corrected chi connectivity index (χ2v) is 18.1. The summed E-state index contributed by atoms with van der Waals surface area (Å²) in [5, 5.41) is 0.767. The smallest absolute Gasteiger partial charge is 0.218 e. The second-order valence-electron chi connectivity index (χ2n) is 10.9. The molecular formula is C26H39ClN2O3SSi. The van der Waals surface area contributed by atoms with Crippen LogP contribution in [0.5, 0.6) is 0 Å². The Balaban J connectivity index is 1.75. The van der Waals surface area contributed by atoms with Crippen LogP contribution in [0.1, 0.15) is 44.4 Å². The van der Waals surface area contributed by atoms with Crippen molar-refractivity contribution in [3.8, 4) is 0 Å². The van der Waals surface area contributed by atoms with Crippen molar-refractivity contribution in [3.05, 3.63) is 70.7 Å². The Hall–Kier alpha value is -1.22. The average molecular weight is 523 g/mol. The summed E-state index contributed by atoms with van der Waals surface area (Å²) in [6.45, 7) is 13.7. The molecule has 0 saturated carbocycles. The van der Waals surface area contributed by atoms with Crippen LogP contribution < -0.4 is 0 Å². The molecule has 0 radical (unpaired) electrons. The van der Waals surface area contributed by atoms with Crippen LogP contribution in [0.25, 0.3) is 0 Å². The summed E-state index contributed by atoms with van der Waals surface area (Å²) in [5.74, 6) is -0.0545. The summed E-state index contributed by atoms with van der Waals surface area (Å²) in [5.41, 5.74) is 1.73. The third-order valence-corrected chi connectivity index (χ3v) is 13.9. The lowest BCUT2D eigenvalue weighted by atomic mass is 10.1. The molecule has 0 amide bonds. The molecule has 0 N–H and O–H groups in total. The number of benzene rings is 2. The summed E-state index contributed by atoms with van der Waals surface area (Å²) in [7, 11) is -3.69. The monoisotopic (exact) mass is 522 g/mol. The van der Waals surface area contributed by atoms with Gasteiger partial charge < -0.3 is 4.43 Å². The average Bonchev–Trinajstić information content (AvgIpc) is 3.19. The predicted molar refractivity (Wildman–Crippen MR) is 144 cm³/mol. The van der Waals surface area contributed by atoms with Crippen molar-refractivity contribution in [2.75, 3.05) is 26.7 Å². The lowest BCUT2D eigenvalue weighted by Gasteiger charge is -2.38. The Morgan fingerprint density at radius 2 is 1.74 bits per heavy atom. The van der Waals surface area contributed by atoms with Crippen molar-refractivity contribution >= 4 is 29.9 Å². The summed E-state index contributed by atoms with van der Waals surface area (Å²) < 4.78 is 35.0. The molecule has 0 unspecified atom stereocenters. The van der Waals surface area contributed by atoms with Crippen molar-refractivity contribution in [1.82, 2.24) is 9.21 Å². The molecule has 1 heterocycles. The summed E-state index contributed by atoms with van der Waals surface area (Å²) in [6.07, 6.45) is 1.18. The van der Waals surface area contributed by atoms with E-state index in [1.807, 2.05) is 30.3 Å². The van der Waals surface area contributed by atoms with Crippen LogP contribution in [-0.4, -0.2) is 58.7 Å². The molecule has 2 atom stereocenters. The van der Waals surface area contributed by atoms with Crippen LogP contribution in [0.15, 0.2) is 54.6 Å². The minimum atomic E-state index is -3.54. The van der Waals surface area contributed by atoms with E-state index in [4.69, 9.17) is 16.0 Å². The van der Waals surface area contributed by atoms with E-state index in [0.717, 1.165) is 30.6 Å². The molecule has 1 saturated heterocycles. The number of hydrogen-bond acceptors (Lipinski definition) is 4. The molecule has 1 aliphatic rings. The van der Waals surface area contributed by atoms with Gasteiger partial charge in [0.25, 0.3) is 0 Å². The van der Waals surface area contributed by atoms with Crippen LogP contribution in [-0.2, 0) is 20.2 Å². The molecule has 3 rings (SSSR count). The molecule has 5 nitrogen and oxygen atoms in total. The van der Waals surface area contributed by atoms with Gasteiger partial charge in [0.15, 0.2) is 8.32 Å². The maximum atomic E-state index is 13.4. The number of sulfonamides is 1. The molecule has 0 spiro atoms. The first-order chi connectivity index (χ1) is 15.8. The quantitative estimate of drug-likeness (QED) is 0.382. The number of likely N-dealkylation sites (tertiary alicyclic amines) is 1. The number of nitrogens with zero attached hydrogens (tertiary/aromatic N) is 2. The Kier molecular flexibility index (Phi) is 8.70. The SMILES string of the molecule is CN([C@H](CN1CC[C@H](O[Si](C)(C)C(C)(C)C)C1)c1ccccc1)S(=O)(=O)Cc1ccc(Cl)cc1. The minimum Gasteiger partial charge on any atom is -0.413 e. The minimum absolute atomic E-state index is 0.0545. The van der Waals surface area contributed by atoms with Gasteiger partial charge >= 0.3 is 0 Å². The van der Waals surface area contributed by atoms with Gasteiger partial charge in [0.1, 0.15) is 0 Å². The van der Waals surface area contributed by atoms with Gasteiger partial charge in [-0.1, -0.05) is 74.8 Å². The molecule has 188 valence electrons. The molecule has 2 aromatic carbocycles. The molecular weight excluding hydrogens is 484 g/mol. The highest BCUT2D eigenvalue weighted by Gasteiger charge is 2.41. The van der Waals surface area contributed by atoms with E-state index in [1.54, 1.807) is 35.6 Å². The van der Waals surface area contributed by atoms with E-state index >= 15 is 0 Å². The summed E-state index contributed by atoms with van der Waals surface area (Å²) in [6, 6.07) is 16.7. The number of rotatable bonds is 9. The van der Waals surface area contributed by atoms with Crippen LogP contribution in [0, 0.1) is 0 Å². The first kappa shape index (κ1) is 27.4. The second kappa shape index (κ2) is 10.8. The molecule has 8 heteroatoms. The van der Waals surface area contributed by atoms with E-state index in [-0.39, 0.29) is 22.9 Å². The number of hydrogen-bond donors (Lipinski definition) is 0. The van der Waals surface area contributed by atoms with Gasteiger partial charge in [-0.25, -0.2) is 8.42 Å². The van der Waals surface area contributed by atoms with E-state index in [1.165, 1.54) is 0 Å². The van der Waals surface area contributed by atoms with Crippen molar-refractivity contribution < 1.29 is 12.8 Å². The van der Waals surface area contributed by atoms with Crippen LogP contribution in [0.4, 0.5) is 0 Å². The molecule has 34 heavy (non-hydrogen) atoms. The van der Waals surface area contributed by atoms with Gasteiger partial charge in [-0.05, 0) is 47.8 Å². The lowest BCUT2D eigenvalue weighted by molar-refractivity contribution is 0.171. The fourth-order valence-electron chi connectivity index (χ4n) is 4.09. The van der Waals surface area contributed by atoms with E-state index < -0.39 is 18.3 Å². The standard InChI is InChI=1S/C26H39ClN2O3SSi/c1-26(2,3)34(5,6)32-24-16-17-29(18-24)19-25(22-10-8-7-9-11-22)28(4)33(30,31)20-21-12-14-23(27)15-13-21/h7-15,24-25H,16-20H2,1-6H3/t24-,25+/m0/s1. The molecule has 0 aromatic heterocycles. The summed E-state index contributed by atoms with van der Waals surface area (Å²) in [4.78, 5) is 2.35. The first-order valence-corrected chi connectivity index (χ1v) is 16.8. The van der Waals surface area contributed by atoms with Crippen molar-refractivity contribution in [1.29, 1.82) is 0 Å². The number of likely N-dealkylation sites (N-methyl/N-ethyl adjacent to an activating group) is 1. The van der Waals surface area contributed by atoms with Crippen LogP contribution in [0.3, 0.4) is 0 Å².